The maximum atomic E-state index is 9.54. The Balaban J connectivity index is 2.13. The van der Waals surface area contributed by atoms with Crippen LogP contribution < -0.4 is 15.4 Å². The first-order valence-corrected chi connectivity index (χ1v) is 7.73. The van der Waals surface area contributed by atoms with Gasteiger partial charge in [-0.25, -0.2) is 0 Å². The highest BCUT2D eigenvalue weighted by Gasteiger charge is 2.37. The predicted octanol–water partition coefficient (Wildman–Crippen LogP) is 1.81. The Morgan fingerprint density at radius 3 is 2.48 bits per heavy atom. The van der Waals surface area contributed by atoms with Gasteiger partial charge in [-0.05, 0) is 32.1 Å². The molecule has 1 aromatic heterocycles. The van der Waals surface area contributed by atoms with E-state index in [-0.39, 0.29) is 12.1 Å². The number of hydrogen-bond donors (Lipinski definition) is 3. The fraction of sp³-hybridized carbons (Fsp3) is 0.786. The molecule has 1 fully saturated rings. The third-order valence-corrected chi connectivity index (χ3v) is 3.57. The fourth-order valence-corrected chi connectivity index (χ4v) is 2.15. The van der Waals surface area contributed by atoms with E-state index in [1.165, 1.54) is 0 Å². The van der Waals surface area contributed by atoms with Crippen molar-refractivity contribution in [2.24, 2.45) is 0 Å². The number of hydrogen-bond acceptors (Lipinski definition) is 7. The van der Waals surface area contributed by atoms with Crippen LogP contribution in [0.1, 0.15) is 46.0 Å². The standard InChI is InChI=1S/C14H25N5O2/c1-3-8-15-11-16-12(18-13(17-11)21-9-4-2)19-14(10-20)6-5-7-14/h20H,3-10H2,1-2H3,(H2,15,16,17,18,19). The quantitative estimate of drug-likeness (QED) is 0.640. The molecule has 0 spiro atoms. The zero-order valence-corrected chi connectivity index (χ0v) is 12.9. The molecule has 1 aliphatic carbocycles. The molecule has 7 nitrogen and oxygen atoms in total. The summed E-state index contributed by atoms with van der Waals surface area (Å²) >= 11 is 0. The van der Waals surface area contributed by atoms with Gasteiger partial charge in [0.1, 0.15) is 0 Å². The molecule has 0 aromatic carbocycles. The second kappa shape index (κ2) is 7.40. The van der Waals surface area contributed by atoms with Gasteiger partial charge >= 0.3 is 6.01 Å². The monoisotopic (exact) mass is 295 g/mol. The summed E-state index contributed by atoms with van der Waals surface area (Å²) in [5.74, 6) is 0.969. The van der Waals surface area contributed by atoms with Crippen LogP contribution in [-0.4, -0.2) is 45.4 Å². The lowest BCUT2D eigenvalue weighted by atomic mass is 9.77. The van der Waals surface area contributed by atoms with Crippen LogP contribution in [0, 0.1) is 0 Å². The van der Waals surface area contributed by atoms with Crippen LogP contribution in [0.4, 0.5) is 11.9 Å². The van der Waals surface area contributed by atoms with E-state index in [4.69, 9.17) is 4.74 Å². The van der Waals surface area contributed by atoms with Gasteiger partial charge in [0.05, 0.1) is 18.8 Å². The molecule has 0 bridgehead atoms. The van der Waals surface area contributed by atoms with Crippen molar-refractivity contribution in [3.8, 4) is 6.01 Å². The average molecular weight is 295 g/mol. The molecule has 0 atom stereocenters. The number of rotatable bonds is 9. The minimum absolute atomic E-state index is 0.0849. The lowest BCUT2D eigenvalue weighted by Crippen LogP contribution is -2.48. The normalized spacial score (nSPS) is 16.1. The SMILES string of the molecule is CCCNc1nc(NC2(CO)CCC2)nc(OCCC)n1. The van der Waals surface area contributed by atoms with Gasteiger partial charge < -0.3 is 20.5 Å². The second-order valence-electron chi connectivity index (χ2n) is 5.46. The molecular weight excluding hydrogens is 270 g/mol. The maximum Gasteiger partial charge on any atom is 0.323 e. The predicted molar refractivity (Wildman–Crippen MR) is 81.7 cm³/mol. The Bertz CT molecular complexity index is 419. The summed E-state index contributed by atoms with van der Waals surface area (Å²) in [6.45, 7) is 5.56. The van der Waals surface area contributed by atoms with E-state index in [0.29, 0.717) is 24.5 Å². The summed E-state index contributed by atoms with van der Waals surface area (Å²) in [6, 6.07) is 0.320. The van der Waals surface area contributed by atoms with Crippen LogP contribution in [-0.2, 0) is 0 Å². The number of aliphatic hydroxyl groups excluding tert-OH is 1. The highest BCUT2D eigenvalue weighted by molar-refractivity contribution is 5.39. The molecule has 0 saturated heterocycles. The van der Waals surface area contributed by atoms with Crippen molar-refractivity contribution < 1.29 is 9.84 Å². The summed E-state index contributed by atoms with van der Waals surface area (Å²) in [5.41, 5.74) is -0.286. The molecule has 0 radical (unpaired) electrons. The average Bonchev–Trinajstić information content (AvgIpc) is 2.46. The summed E-state index contributed by atoms with van der Waals surface area (Å²) < 4.78 is 5.51. The lowest BCUT2D eigenvalue weighted by Gasteiger charge is -2.40. The third kappa shape index (κ3) is 4.17. The smallest absolute Gasteiger partial charge is 0.323 e. The number of aromatic nitrogens is 3. The molecule has 7 heteroatoms. The van der Waals surface area contributed by atoms with Gasteiger partial charge in [-0.2, -0.15) is 15.0 Å². The Labute approximate surface area is 125 Å². The van der Waals surface area contributed by atoms with E-state index >= 15 is 0 Å². The lowest BCUT2D eigenvalue weighted by molar-refractivity contribution is 0.143. The molecule has 1 aliphatic rings. The van der Waals surface area contributed by atoms with E-state index in [2.05, 4.69) is 32.5 Å². The molecule has 1 heterocycles. The summed E-state index contributed by atoms with van der Waals surface area (Å²) in [7, 11) is 0. The molecule has 118 valence electrons. The molecule has 3 N–H and O–H groups in total. The number of nitrogens with zero attached hydrogens (tertiary/aromatic N) is 3. The first-order valence-electron chi connectivity index (χ1n) is 7.73. The molecule has 0 aliphatic heterocycles. The third-order valence-electron chi connectivity index (χ3n) is 3.57. The Kier molecular flexibility index (Phi) is 5.55. The van der Waals surface area contributed by atoms with Gasteiger partial charge in [0.2, 0.25) is 11.9 Å². The largest absolute Gasteiger partial charge is 0.463 e. The van der Waals surface area contributed by atoms with Gasteiger partial charge in [0.25, 0.3) is 0 Å². The zero-order chi connectivity index (χ0) is 15.1. The Morgan fingerprint density at radius 2 is 1.90 bits per heavy atom. The van der Waals surface area contributed by atoms with Crippen molar-refractivity contribution in [3.05, 3.63) is 0 Å². The molecule has 21 heavy (non-hydrogen) atoms. The second-order valence-corrected chi connectivity index (χ2v) is 5.46. The maximum absolute atomic E-state index is 9.54. The van der Waals surface area contributed by atoms with E-state index < -0.39 is 0 Å². The van der Waals surface area contributed by atoms with Crippen molar-refractivity contribution in [2.45, 2.75) is 51.5 Å². The Morgan fingerprint density at radius 1 is 1.14 bits per heavy atom. The van der Waals surface area contributed by atoms with Gasteiger partial charge in [0.15, 0.2) is 0 Å². The van der Waals surface area contributed by atoms with Crippen LogP contribution >= 0.6 is 0 Å². The molecule has 2 rings (SSSR count). The molecule has 1 aromatic rings. The van der Waals surface area contributed by atoms with Crippen molar-refractivity contribution in [2.75, 3.05) is 30.4 Å². The highest BCUT2D eigenvalue weighted by Crippen LogP contribution is 2.34. The highest BCUT2D eigenvalue weighted by atomic mass is 16.5. The van der Waals surface area contributed by atoms with Crippen LogP contribution in [0.15, 0.2) is 0 Å². The fourth-order valence-electron chi connectivity index (χ4n) is 2.15. The number of nitrogens with one attached hydrogen (secondary N) is 2. The van der Waals surface area contributed by atoms with Crippen molar-refractivity contribution >= 4 is 11.9 Å². The summed E-state index contributed by atoms with van der Waals surface area (Å²) in [6.07, 6.45) is 4.85. The minimum Gasteiger partial charge on any atom is -0.463 e. The number of anilines is 2. The minimum atomic E-state index is -0.286. The van der Waals surface area contributed by atoms with Crippen molar-refractivity contribution in [3.63, 3.8) is 0 Å². The van der Waals surface area contributed by atoms with Gasteiger partial charge in [-0.3, -0.25) is 0 Å². The zero-order valence-electron chi connectivity index (χ0n) is 12.9. The topological polar surface area (TPSA) is 92.2 Å². The van der Waals surface area contributed by atoms with Crippen molar-refractivity contribution in [1.29, 1.82) is 0 Å². The van der Waals surface area contributed by atoms with Crippen LogP contribution in [0.5, 0.6) is 6.01 Å². The summed E-state index contributed by atoms with van der Waals surface area (Å²) in [5, 5.41) is 15.9. The van der Waals surface area contributed by atoms with Crippen LogP contribution in [0.2, 0.25) is 0 Å². The molecular formula is C14H25N5O2. The number of ether oxygens (including phenoxy) is 1. The van der Waals surface area contributed by atoms with E-state index in [9.17, 15) is 5.11 Å². The Hall–Kier alpha value is -1.63. The molecule has 0 unspecified atom stereocenters. The first kappa shape index (κ1) is 15.8. The van der Waals surface area contributed by atoms with Crippen LogP contribution in [0.25, 0.3) is 0 Å². The molecule has 1 saturated carbocycles. The van der Waals surface area contributed by atoms with E-state index in [1.54, 1.807) is 0 Å². The van der Waals surface area contributed by atoms with E-state index in [0.717, 1.165) is 38.6 Å². The summed E-state index contributed by atoms with van der Waals surface area (Å²) in [4.78, 5) is 12.9. The van der Waals surface area contributed by atoms with Gasteiger partial charge in [-0.15, -0.1) is 0 Å². The van der Waals surface area contributed by atoms with Crippen LogP contribution in [0.3, 0.4) is 0 Å². The van der Waals surface area contributed by atoms with Gasteiger partial charge in [-0.1, -0.05) is 13.8 Å². The van der Waals surface area contributed by atoms with Crippen molar-refractivity contribution in [1.82, 2.24) is 15.0 Å². The number of aliphatic hydroxyl groups is 1. The van der Waals surface area contributed by atoms with E-state index in [1.807, 2.05) is 6.92 Å². The van der Waals surface area contributed by atoms with Gasteiger partial charge in [0, 0.05) is 6.54 Å². The first-order chi connectivity index (χ1) is 10.2. The molecule has 0 amide bonds.